The van der Waals surface area contributed by atoms with Gasteiger partial charge in [-0.1, -0.05) is 6.92 Å². The average Bonchev–Trinajstić information content (AvgIpc) is 3.20. The minimum Gasteiger partial charge on any atom is -0.396 e. The molecule has 0 radical (unpaired) electrons. The molecule has 6 nitrogen and oxygen atoms in total. The smallest absolute Gasteiger partial charge is 0.187 e. The van der Waals surface area contributed by atoms with E-state index in [9.17, 15) is 20.1 Å². The SMILES string of the molecule is CC1=C[C@@H]2O[C@H]3[C@H](O)C[C@](C)([C@@]2(CO)[C@H](O)C1=O)[C@]31CO1. The van der Waals surface area contributed by atoms with Crippen LogP contribution >= 0.6 is 0 Å². The highest BCUT2D eigenvalue weighted by Gasteiger charge is 2.83. The van der Waals surface area contributed by atoms with Crippen LogP contribution in [0.5, 0.6) is 0 Å². The molecule has 3 fully saturated rings. The average molecular weight is 296 g/mol. The maximum absolute atomic E-state index is 12.3. The molecule has 21 heavy (non-hydrogen) atoms. The molecule has 4 aliphatic rings. The number of fused-ring (bicyclic) bond motifs is 2. The summed E-state index contributed by atoms with van der Waals surface area (Å²) in [6, 6.07) is 0. The summed E-state index contributed by atoms with van der Waals surface area (Å²) in [5, 5.41) is 31.1. The Morgan fingerprint density at radius 1 is 1.43 bits per heavy atom. The van der Waals surface area contributed by atoms with Gasteiger partial charge in [-0.15, -0.1) is 0 Å². The largest absolute Gasteiger partial charge is 0.396 e. The van der Waals surface area contributed by atoms with Gasteiger partial charge in [0.2, 0.25) is 0 Å². The van der Waals surface area contributed by atoms with E-state index in [4.69, 9.17) is 9.47 Å². The number of epoxide rings is 1. The van der Waals surface area contributed by atoms with Gasteiger partial charge in [-0.3, -0.25) is 4.79 Å². The van der Waals surface area contributed by atoms with Gasteiger partial charge in [0.05, 0.1) is 30.8 Å². The zero-order valence-electron chi connectivity index (χ0n) is 12.1. The van der Waals surface area contributed by atoms with Crippen LogP contribution in [-0.4, -0.2) is 64.3 Å². The summed E-state index contributed by atoms with van der Waals surface area (Å²) in [4.78, 5) is 12.3. The molecule has 0 aromatic heterocycles. The minimum absolute atomic E-state index is 0.339. The van der Waals surface area contributed by atoms with Crippen LogP contribution in [0.15, 0.2) is 11.6 Å². The summed E-state index contributed by atoms with van der Waals surface area (Å²) in [5.74, 6) is -0.388. The van der Waals surface area contributed by atoms with Gasteiger partial charge in [0, 0.05) is 5.41 Å². The maximum atomic E-state index is 12.3. The number of hydrogen-bond donors (Lipinski definition) is 3. The second-order valence-corrected chi connectivity index (χ2v) is 7.07. The number of aliphatic hydroxyl groups is 3. The van der Waals surface area contributed by atoms with Crippen molar-refractivity contribution in [3.05, 3.63) is 11.6 Å². The van der Waals surface area contributed by atoms with Crippen LogP contribution in [0.25, 0.3) is 0 Å². The number of rotatable bonds is 1. The zero-order valence-corrected chi connectivity index (χ0v) is 12.1. The Morgan fingerprint density at radius 2 is 2.10 bits per heavy atom. The topological polar surface area (TPSA) is 99.5 Å². The van der Waals surface area contributed by atoms with Gasteiger partial charge >= 0.3 is 0 Å². The summed E-state index contributed by atoms with van der Waals surface area (Å²) in [6.45, 7) is 3.55. The molecule has 3 N–H and O–H groups in total. The van der Waals surface area contributed by atoms with E-state index in [1.54, 1.807) is 13.0 Å². The van der Waals surface area contributed by atoms with Crippen LogP contribution in [0, 0.1) is 10.8 Å². The van der Waals surface area contributed by atoms with Crippen molar-refractivity contribution < 1.29 is 29.6 Å². The molecule has 2 saturated heterocycles. The van der Waals surface area contributed by atoms with E-state index in [1.807, 2.05) is 6.92 Å². The number of carbonyl (C=O) groups is 1. The molecule has 2 aliphatic carbocycles. The molecule has 2 bridgehead atoms. The van der Waals surface area contributed by atoms with Crippen LogP contribution in [-0.2, 0) is 14.3 Å². The van der Waals surface area contributed by atoms with Gasteiger partial charge in [0.15, 0.2) is 5.78 Å². The lowest BCUT2D eigenvalue weighted by molar-refractivity contribution is -0.244. The Bertz CT molecular complexity index is 552. The molecule has 6 heteroatoms. The number of hydrogen-bond acceptors (Lipinski definition) is 6. The first-order chi connectivity index (χ1) is 9.84. The number of aliphatic hydroxyl groups excluding tert-OH is 3. The third-order valence-corrected chi connectivity index (χ3v) is 6.43. The third kappa shape index (κ3) is 1.22. The first-order valence-electron chi connectivity index (χ1n) is 7.33. The standard InChI is InChI=1S/C15H20O6/c1-7-3-9-14(5-16,11(19)10(7)18)13(2)4-8(17)12(21-9)15(13)6-20-15/h3,8-9,11-12,16-17,19H,4-6H2,1-2H3/t8-,9+,11-,12+,13-,14-,15+/m1/s1. The number of ketones is 1. The van der Waals surface area contributed by atoms with Crippen molar-refractivity contribution in [1.82, 2.24) is 0 Å². The molecule has 2 aliphatic heterocycles. The Hall–Kier alpha value is -0.790. The Morgan fingerprint density at radius 3 is 2.67 bits per heavy atom. The van der Waals surface area contributed by atoms with Crippen molar-refractivity contribution in [2.45, 2.75) is 50.3 Å². The monoisotopic (exact) mass is 296 g/mol. The number of Topliss-reactive ketones (excluding diaryl/α,β-unsaturated/α-hetero) is 1. The fourth-order valence-electron chi connectivity index (χ4n) is 5.02. The van der Waals surface area contributed by atoms with Gasteiger partial charge in [0.25, 0.3) is 0 Å². The molecule has 116 valence electrons. The highest BCUT2D eigenvalue weighted by atomic mass is 16.6. The molecule has 1 spiro atoms. The van der Waals surface area contributed by atoms with E-state index in [0.717, 1.165) is 0 Å². The van der Waals surface area contributed by atoms with Crippen LogP contribution in [0.2, 0.25) is 0 Å². The van der Waals surface area contributed by atoms with E-state index in [2.05, 4.69) is 0 Å². The maximum Gasteiger partial charge on any atom is 0.187 e. The zero-order chi connectivity index (χ0) is 15.2. The van der Waals surface area contributed by atoms with E-state index >= 15 is 0 Å². The highest BCUT2D eigenvalue weighted by molar-refractivity contribution is 6.00. The molecule has 0 aromatic carbocycles. The van der Waals surface area contributed by atoms with Crippen LogP contribution in [0.3, 0.4) is 0 Å². The van der Waals surface area contributed by atoms with E-state index in [0.29, 0.717) is 18.6 Å². The van der Waals surface area contributed by atoms with Crippen molar-refractivity contribution >= 4 is 5.78 Å². The van der Waals surface area contributed by atoms with Gasteiger partial charge < -0.3 is 24.8 Å². The Balaban J connectivity index is 1.95. The minimum atomic E-state index is -1.35. The lowest BCUT2D eigenvalue weighted by Crippen LogP contribution is -2.70. The first-order valence-corrected chi connectivity index (χ1v) is 7.33. The molecule has 0 amide bonds. The van der Waals surface area contributed by atoms with Gasteiger partial charge in [-0.2, -0.15) is 0 Å². The normalized spacial score (nSPS) is 58.1. The summed E-state index contributed by atoms with van der Waals surface area (Å²) in [5.41, 5.74) is -2.16. The molecule has 4 rings (SSSR count). The fourth-order valence-corrected chi connectivity index (χ4v) is 5.02. The molecule has 2 heterocycles. The fraction of sp³-hybridized carbons (Fsp3) is 0.800. The third-order valence-electron chi connectivity index (χ3n) is 6.43. The van der Waals surface area contributed by atoms with Crippen LogP contribution in [0.1, 0.15) is 20.3 Å². The molecule has 0 aromatic rings. The summed E-state index contributed by atoms with van der Waals surface area (Å²) in [6.07, 6.45) is -1.14. The Kier molecular flexibility index (Phi) is 2.47. The van der Waals surface area contributed by atoms with Crippen molar-refractivity contribution in [3.63, 3.8) is 0 Å². The van der Waals surface area contributed by atoms with E-state index < -0.39 is 47.5 Å². The summed E-state index contributed by atoms with van der Waals surface area (Å²) < 4.78 is 11.6. The van der Waals surface area contributed by atoms with Crippen molar-refractivity contribution in [3.8, 4) is 0 Å². The van der Waals surface area contributed by atoms with Crippen LogP contribution < -0.4 is 0 Å². The summed E-state index contributed by atoms with van der Waals surface area (Å²) in [7, 11) is 0. The molecular weight excluding hydrogens is 276 g/mol. The molecule has 7 atom stereocenters. The van der Waals surface area contributed by atoms with Crippen molar-refractivity contribution in [2.24, 2.45) is 10.8 Å². The number of carbonyl (C=O) groups excluding carboxylic acids is 1. The summed E-state index contributed by atoms with van der Waals surface area (Å²) >= 11 is 0. The van der Waals surface area contributed by atoms with Gasteiger partial charge in [-0.25, -0.2) is 0 Å². The quantitative estimate of drug-likeness (QED) is 0.546. The first kappa shape index (κ1) is 13.8. The molecule has 1 saturated carbocycles. The number of ether oxygens (including phenoxy) is 2. The molecule has 0 unspecified atom stereocenters. The van der Waals surface area contributed by atoms with E-state index in [1.165, 1.54) is 0 Å². The predicted octanol–water partition coefficient (Wildman–Crippen LogP) is -0.838. The highest BCUT2D eigenvalue weighted by Crippen LogP contribution is 2.70. The van der Waals surface area contributed by atoms with Crippen molar-refractivity contribution in [1.29, 1.82) is 0 Å². The second kappa shape index (κ2) is 3.75. The lowest BCUT2D eigenvalue weighted by atomic mass is 9.50. The molecular formula is C15H20O6. The Labute approximate surface area is 122 Å². The predicted molar refractivity (Wildman–Crippen MR) is 70.4 cm³/mol. The van der Waals surface area contributed by atoms with Crippen LogP contribution in [0.4, 0.5) is 0 Å². The van der Waals surface area contributed by atoms with E-state index in [-0.39, 0.29) is 5.78 Å². The second-order valence-electron chi connectivity index (χ2n) is 7.07. The van der Waals surface area contributed by atoms with Crippen molar-refractivity contribution in [2.75, 3.05) is 13.2 Å². The lowest BCUT2D eigenvalue weighted by Gasteiger charge is -2.58. The van der Waals surface area contributed by atoms with Gasteiger partial charge in [0.1, 0.15) is 17.8 Å². The van der Waals surface area contributed by atoms with Gasteiger partial charge in [-0.05, 0) is 25.0 Å².